The summed E-state index contributed by atoms with van der Waals surface area (Å²) in [6.07, 6.45) is 8.53. The lowest BCUT2D eigenvalue weighted by atomic mass is 9.79. The summed E-state index contributed by atoms with van der Waals surface area (Å²) in [7, 11) is 1.59. The second kappa shape index (κ2) is 8.89. The molecule has 0 unspecified atom stereocenters. The number of benzene rings is 1. The third-order valence-corrected chi connectivity index (χ3v) is 6.56. The van der Waals surface area contributed by atoms with Gasteiger partial charge in [-0.05, 0) is 44.0 Å². The number of nitrogens with zero attached hydrogens (tertiary/aromatic N) is 2. The number of nitrogens with one attached hydrogen (secondary N) is 2. The van der Waals surface area contributed by atoms with Crippen LogP contribution in [0.5, 0.6) is 5.88 Å². The molecular formula is C23H24Cl2N4O2. The van der Waals surface area contributed by atoms with Crippen LogP contribution in [0.3, 0.4) is 0 Å². The number of carbonyl (C=O) groups excluding carboxylic acids is 1. The van der Waals surface area contributed by atoms with Crippen LogP contribution in [0, 0.1) is 6.92 Å². The Hall–Kier alpha value is -2.57. The third kappa shape index (κ3) is 4.41. The topological polar surface area (TPSA) is 79.9 Å². The number of ether oxygens (including phenoxy) is 1. The first kappa shape index (κ1) is 21.7. The van der Waals surface area contributed by atoms with E-state index < -0.39 is 5.54 Å². The number of aromatic nitrogens is 3. The van der Waals surface area contributed by atoms with Crippen molar-refractivity contribution in [1.29, 1.82) is 0 Å². The SMILES string of the molecule is COc1nc(-c2c[nH]c(C3(NC(=O)c4ccc(Cl)c(Cl)c4)CCCCC3)c2)ncc1C. The van der Waals surface area contributed by atoms with E-state index in [1.54, 1.807) is 31.5 Å². The molecule has 1 aromatic carbocycles. The minimum atomic E-state index is -0.492. The highest BCUT2D eigenvalue weighted by molar-refractivity contribution is 6.42. The summed E-state index contributed by atoms with van der Waals surface area (Å²) in [4.78, 5) is 25.4. The summed E-state index contributed by atoms with van der Waals surface area (Å²) < 4.78 is 5.33. The quantitative estimate of drug-likeness (QED) is 0.514. The molecule has 1 amide bonds. The maximum atomic E-state index is 13.1. The van der Waals surface area contributed by atoms with Crippen LogP contribution in [0.15, 0.2) is 36.7 Å². The van der Waals surface area contributed by atoms with Crippen molar-refractivity contribution in [3.63, 3.8) is 0 Å². The van der Waals surface area contributed by atoms with E-state index >= 15 is 0 Å². The standard InChI is InChI=1S/C23H24Cl2N4O2/c1-14-12-27-20(28-22(14)31-2)16-11-19(26-13-16)23(8-4-3-5-9-23)29-21(30)15-6-7-17(24)18(25)10-15/h6-7,10-13,26H,3-5,8-9H2,1-2H3,(H,29,30). The number of carbonyl (C=O) groups is 1. The molecule has 0 radical (unpaired) electrons. The first-order chi connectivity index (χ1) is 14.9. The van der Waals surface area contributed by atoms with E-state index in [-0.39, 0.29) is 5.91 Å². The van der Waals surface area contributed by atoms with E-state index in [9.17, 15) is 4.79 Å². The Morgan fingerprint density at radius 1 is 1.16 bits per heavy atom. The fraction of sp³-hybridized carbons (Fsp3) is 0.348. The molecule has 0 saturated heterocycles. The molecule has 31 heavy (non-hydrogen) atoms. The summed E-state index contributed by atoms with van der Waals surface area (Å²) in [6.45, 7) is 1.90. The molecule has 162 valence electrons. The van der Waals surface area contributed by atoms with Gasteiger partial charge in [-0.1, -0.05) is 42.5 Å². The minimum Gasteiger partial charge on any atom is -0.481 e. The van der Waals surface area contributed by atoms with Crippen LogP contribution in [-0.4, -0.2) is 28.0 Å². The smallest absolute Gasteiger partial charge is 0.252 e. The first-order valence-corrected chi connectivity index (χ1v) is 11.0. The zero-order valence-corrected chi connectivity index (χ0v) is 19.0. The number of hydrogen-bond donors (Lipinski definition) is 2. The van der Waals surface area contributed by atoms with Crippen LogP contribution in [0.1, 0.15) is 53.7 Å². The van der Waals surface area contributed by atoms with Gasteiger partial charge >= 0.3 is 0 Å². The normalized spacial score (nSPS) is 15.5. The van der Waals surface area contributed by atoms with E-state index in [0.29, 0.717) is 27.3 Å². The Morgan fingerprint density at radius 2 is 1.94 bits per heavy atom. The highest BCUT2D eigenvalue weighted by Crippen LogP contribution is 2.38. The third-order valence-electron chi connectivity index (χ3n) is 5.82. The highest BCUT2D eigenvalue weighted by Gasteiger charge is 2.37. The minimum absolute atomic E-state index is 0.176. The van der Waals surface area contributed by atoms with Crippen molar-refractivity contribution in [2.24, 2.45) is 0 Å². The number of H-pyrrole nitrogens is 1. The maximum absolute atomic E-state index is 13.1. The van der Waals surface area contributed by atoms with Crippen molar-refractivity contribution >= 4 is 29.1 Å². The number of methoxy groups -OCH3 is 1. The molecule has 0 bridgehead atoms. The fourth-order valence-corrected chi connectivity index (χ4v) is 4.41. The second-order valence-electron chi connectivity index (χ2n) is 7.91. The lowest BCUT2D eigenvalue weighted by Crippen LogP contribution is -2.47. The van der Waals surface area contributed by atoms with Crippen LogP contribution in [0.25, 0.3) is 11.4 Å². The van der Waals surface area contributed by atoms with Crippen LogP contribution in [0.2, 0.25) is 10.0 Å². The molecule has 4 rings (SSSR count). The number of aryl methyl sites for hydroxylation is 1. The summed E-state index contributed by atoms with van der Waals surface area (Å²) in [5.74, 6) is 0.949. The molecule has 2 heterocycles. The molecule has 1 aliphatic rings. The Labute approximate surface area is 191 Å². The van der Waals surface area contributed by atoms with Gasteiger partial charge in [0.25, 0.3) is 5.91 Å². The zero-order chi connectivity index (χ0) is 22.0. The molecule has 0 spiro atoms. The van der Waals surface area contributed by atoms with Gasteiger partial charge in [-0.15, -0.1) is 0 Å². The van der Waals surface area contributed by atoms with E-state index in [4.69, 9.17) is 27.9 Å². The summed E-state index contributed by atoms with van der Waals surface area (Å²) in [5, 5.41) is 4.06. The van der Waals surface area contributed by atoms with E-state index in [1.165, 1.54) is 0 Å². The Balaban J connectivity index is 1.65. The average molecular weight is 459 g/mol. The van der Waals surface area contributed by atoms with Gasteiger partial charge < -0.3 is 15.0 Å². The molecule has 6 nitrogen and oxygen atoms in total. The monoisotopic (exact) mass is 458 g/mol. The lowest BCUT2D eigenvalue weighted by Gasteiger charge is -2.37. The molecule has 1 saturated carbocycles. The molecule has 8 heteroatoms. The van der Waals surface area contributed by atoms with Crippen LogP contribution in [0.4, 0.5) is 0 Å². The van der Waals surface area contributed by atoms with Gasteiger partial charge in [-0.3, -0.25) is 4.79 Å². The summed E-state index contributed by atoms with van der Waals surface area (Å²) in [6, 6.07) is 6.95. The number of rotatable bonds is 5. The maximum Gasteiger partial charge on any atom is 0.252 e. The molecule has 3 aromatic rings. The van der Waals surface area contributed by atoms with Gasteiger partial charge in [-0.25, -0.2) is 4.98 Å². The fourth-order valence-electron chi connectivity index (χ4n) is 4.12. The Morgan fingerprint density at radius 3 is 2.65 bits per heavy atom. The number of hydrogen-bond acceptors (Lipinski definition) is 4. The van der Waals surface area contributed by atoms with Crippen LogP contribution < -0.4 is 10.1 Å². The predicted octanol–water partition coefficient (Wildman–Crippen LogP) is 5.68. The highest BCUT2D eigenvalue weighted by atomic mass is 35.5. The molecule has 0 atom stereocenters. The van der Waals surface area contributed by atoms with Crippen molar-refractivity contribution in [2.75, 3.05) is 7.11 Å². The Bertz CT molecular complexity index is 1110. The molecule has 2 N–H and O–H groups in total. The zero-order valence-electron chi connectivity index (χ0n) is 17.5. The number of amides is 1. The van der Waals surface area contributed by atoms with Crippen molar-refractivity contribution in [2.45, 2.75) is 44.6 Å². The summed E-state index contributed by atoms with van der Waals surface area (Å²) in [5.41, 5.74) is 2.66. The van der Waals surface area contributed by atoms with Crippen molar-refractivity contribution in [3.8, 4) is 17.3 Å². The lowest BCUT2D eigenvalue weighted by molar-refractivity contribution is 0.0863. The molecule has 1 aliphatic carbocycles. The van der Waals surface area contributed by atoms with Gasteiger partial charge in [-0.2, -0.15) is 4.98 Å². The second-order valence-corrected chi connectivity index (χ2v) is 8.73. The Kier molecular flexibility index (Phi) is 6.21. The van der Waals surface area contributed by atoms with Gasteiger partial charge in [0.2, 0.25) is 5.88 Å². The van der Waals surface area contributed by atoms with E-state index in [1.807, 2.05) is 19.2 Å². The van der Waals surface area contributed by atoms with Crippen molar-refractivity contribution in [3.05, 3.63) is 63.5 Å². The van der Waals surface area contributed by atoms with Crippen molar-refractivity contribution < 1.29 is 9.53 Å². The van der Waals surface area contributed by atoms with Gasteiger partial charge in [0, 0.05) is 34.8 Å². The molecule has 2 aromatic heterocycles. The van der Waals surface area contributed by atoms with Crippen LogP contribution in [-0.2, 0) is 5.54 Å². The van der Waals surface area contributed by atoms with E-state index in [2.05, 4.69) is 20.3 Å². The number of halogens is 2. The molecule has 1 fully saturated rings. The predicted molar refractivity (Wildman–Crippen MR) is 122 cm³/mol. The largest absolute Gasteiger partial charge is 0.481 e. The molecular weight excluding hydrogens is 435 g/mol. The van der Waals surface area contributed by atoms with Gasteiger partial charge in [0.05, 0.1) is 22.7 Å². The molecule has 0 aliphatic heterocycles. The van der Waals surface area contributed by atoms with Crippen LogP contribution >= 0.6 is 23.2 Å². The van der Waals surface area contributed by atoms with Crippen molar-refractivity contribution in [1.82, 2.24) is 20.3 Å². The van der Waals surface area contributed by atoms with E-state index in [0.717, 1.165) is 48.9 Å². The summed E-state index contributed by atoms with van der Waals surface area (Å²) >= 11 is 12.1. The first-order valence-electron chi connectivity index (χ1n) is 10.3. The van der Waals surface area contributed by atoms with Gasteiger partial charge in [0.1, 0.15) is 0 Å². The average Bonchev–Trinajstić information content (AvgIpc) is 3.27. The van der Waals surface area contributed by atoms with Gasteiger partial charge in [0.15, 0.2) is 5.82 Å². The number of aromatic amines is 1.